The predicted molar refractivity (Wildman–Crippen MR) is 97.1 cm³/mol. The van der Waals surface area contributed by atoms with Gasteiger partial charge in [-0.25, -0.2) is 0 Å². The van der Waals surface area contributed by atoms with Gasteiger partial charge in [0.2, 0.25) is 0 Å². The molecule has 1 atom stereocenters. The maximum atomic E-state index is 13.6. The normalized spacial score (nSPS) is 13.1. The first kappa shape index (κ1) is 22.1. The van der Waals surface area contributed by atoms with Crippen molar-refractivity contribution in [1.82, 2.24) is 9.55 Å². The summed E-state index contributed by atoms with van der Waals surface area (Å²) in [6.07, 6.45) is -7.37. The fourth-order valence-electron chi connectivity index (χ4n) is 3.08. The summed E-state index contributed by atoms with van der Waals surface area (Å²) >= 11 is 0. The number of nitrogens with zero attached hydrogens (tertiary/aromatic N) is 2. The summed E-state index contributed by atoms with van der Waals surface area (Å²) in [4.78, 5) is 28.1. The molecule has 0 fully saturated rings. The zero-order chi connectivity index (χ0) is 23.0. The van der Waals surface area contributed by atoms with Crippen LogP contribution in [0.1, 0.15) is 38.8 Å². The van der Waals surface area contributed by atoms with Gasteiger partial charge in [-0.15, -0.1) is 0 Å². The molecule has 0 aliphatic heterocycles. The lowest BCUT2D eigenvalue weighted by Gasteiger charge is -2.24. The molecule has 2 N–H and O–H groups in total. The number of halogens is 6. The van der Waals surface area contributed by atoms with Crippen LogP contribution in [0.2, 0.25) is 0 Å². The number of benzene rings is 1. The van der Waals surface area contributed by atoms with Gasteiger partial charge in [-0.2, -0.15) is 26.3 Å². The van der Waals surface area contributed by atoms with Crippen LogP contribution in [0.3, 0.4) is 0 Å². The molecule has 3 aromatic rings. The Morgan fingerprint density at radius 1 is 0.935 bits per heavy atom. The average Bonchev–Trinajstić information content (AvgIpc) is 2.68. The van der Waals surface area contributed by atoms with Gasteiger partial charge in [0.1, 0.15) is 11.6 Å². The van der Waals surface area contributed by atoms with Crippen LogP contribution < -0.4 is 11.3 Å². The third-order valence-corrected chi connectivity index (χ3v) is 4.47. The van der Waals surface area contributed by atoms with E-state index in [9.17, 15) is 35.9 Å². The Morgan fingerprint density at radius 3 is 2.13 bits per heavy atom. The van der Waals surface area contributed by atoms with Gasteiger partial charge in [0, 0.05) is 12.4 Å². The lowest BCUT2D eigenvalue weighted by atomic mass is 9.97. The molecule has 3 rings (SSSR count). The second-order valence-electron chi connectivity index (χ2n) is 6.45. The predicted octanol–water partition coefficient (Wildman–Crippen LogP) is 4.02. The molecule has 0 spiro atoms. The maximum Gasteiger partial charge on any atom is 0.418 e. The SMILES string of the molecule is NC(=O)c1cccn([C@@H](c2ccc(C(F)(F)F)cc2)c2ncccc2C(F)(F)F)c1=O. The number of carbonyl (C=O) groups is 1. The minimum absolute atomic E-state index is 0.0825. The zero-order valence-corrected chi connectivity index (χ0v) is 15.4. The van der Waals surface area contributed by atoms with E-state index in [4.69, 9.17) is 5.73 Å². The highest BCUT2D eigenvalue weighted by Gasteiger charge is 2.38. The van der Waals surface area contributed by atoms with Crippen LogP contribution in [-0.4, -0.2) is 15.5 Å². The maximum absolute atomic E-state index is 13.6. The van der Waals surface area contributed by atoms with Crippen molar-refractivity contribution in [3.8, 4) is 0 Å². The van der Waals surface area contributed by atoms with Crippen molar-refractivity contribution in [1.29, 1.82) is 0 Å². The molecular weight excluding hydrogens is 428 g/mol. The van der Waals surface area contributed by atoms with Gasteiger partial charge >= 0.3 is 12.4 Å². The van der Waals surface area contributed by atoms with E-state index in [0.717, 1.165) is 47.3 Å². The highest BCUT2D eigenvalue weighted by atomic mass is 19.4. The summed E-state index contributed by atoms with van der Waals surface area (Å²) in [6, 6.07) is 5.77. The molecule has 0 aliphatic rings. The van der Waals surface area contributed by atoms with Gasteiger partial charge in [0.25, 0.3) is 11.5 Å². The molecule has 11 heteroatoms. The molecule has 1 aromatic carbocycles. The standard InChI is InChI=1S/C20H13F6N3O2/c21-19(22,23)12-7-5-11(6-8-12)16(15-14(20(24,25)26)4-1-9-28-15)29-10-2-3-13(17(27)30)18(29)31/h1-10,16H,(H2,27,30)/t16-/m0/s1. The lowest BCUT2D eigenvalue weighted by molar-refractivity contribution is -0.139. The molecule has 1 amide bonds. The first-order valence-corrected chi connectivity index (χ1v) is 8.61. The van der Waals surface area contributed by atoms with Crippen molar-refractivity contribution < 1.29 is 31.1 Å². The van der Waals surface area contributed by atoms with Crippen LogP contribution in [0.5, 0.6) is 0 Å². The third kappa shape index (κ3) is 4.44. The molecule has 0 unspecified atom stereocenters. The molecule has 2 heterocycles. The first-order valence-electron chi connectivity index (χ1n) is 8.61. The van der Waals surface area contributed by atoms with E-state index in [0.29, 0.717) is 12.1 Å². The summed E-state index contributed by atoms with van der Waals surface area (Å²) in [5.74, 6) is -1.11. The Labute approximate surface area is 170 Å². The summed E-state index contributed by atoms with van der Waals surface area (Å²) < 4.78 is 80.4. The number of nitrogens with two attached hydrogens (primary N) is 1. The van der Waals surface area contributed by atoms with E-state index in [2.05, 4.69) is 4.98 Å². The van der Waals surface area contributed by atoms with Crippen LogP contribution in [0.15, 0.2) is 65.7 Å². The number of rotatable bonds is 4. The van der Waals surface area contributed by atoms with Crippen LogP contribution in [0.4, 0.5) is 26.3 Å². The van der Waals surface area contributed by atoms with Crippen LogP contribution in [0, 0.1) is 0 Å². The Morgan fingerprint density at radius 2 is 1.58 bits per heavy atom. The lowest BCUT2D eigenvalue weighted by Crippen LogP contribution is -2.33. The Bertz CT molecular complexity index is 1170. The van der Waals surface area contributed by atoms with Crippen molar-refractivity contribution in [2.45, 2.75) is 18.4 Å². The smallest absolute Gasteiger partial charge is 0.365 e. The largest absolute Gasteiger partial charge is 0.418 e. The highest BCUT2D eigenvalue weighted by molar-refractivity contribution is 5.92. The molecule has 0 radical (unpaired) electrons. The molecule has 162 valence electrons. The number of hydrogen-bond donors (Lipinski definition) is 1. The summed E-state index contributed by atoms with van der Waals surface area (Å²) in [5.41, 5.74) is 0.728. The summed E-state index contributed by atoms with van der Waals surface area (Å²) in [6.45, 7) is 0. The molecule has 5 nitrogen and oxygen atoms in total. The fraction of sp³-hybridized carbons (Fsp3) is 0.150. The van der Waals surface area contributed by atoms with Crippen molar-refractivity contribution >= 4 is 5.91 Å². The van der Waals surface area contributed by atoms with Gasteiger partial charge in [-0.05, 0) is 42.0 Å². The van der Waals surface area contributed by atoms with Gasteiger partial charge < -0.3 is 10.3 Å². The number of aromatic nitrogens is 2. The molecule has 0 bridgehead atoms. The van der Waals surface area contributed by atoms with E-state index in [-0.39, 0.29) is 5.56 Å². The van der Waals surface area contributed by atoms with Gasteiger partial charge in [-0.1, -0.05) is 12.1 Å². The van der Waals surface area contributed by atoms with Gasteiger partial charge in [0.15, 0.2) is 0 Å². The van der Waals surface area contributed by atoms with E-state index in [1.54, 1.807) is 0 Å². The minimum Gasteiger partial charge on any atom is -0.365 e. The fourth-order valence-corrected chi connectivity index (χ4v) is 3.08. The Balaban J connectivity index is 2.31. The highest BCUT2D eigenvalue weighted by Crippen LogP contribution is 2.37. The average molecular weight is 441 g/mol. The molecule has 0 saturated carbocycles. The number of carbonyl (C=O) groups excluding carboxylic acids is 1. The second-order valence-corrected chi connectivity index (χ2v) is 6.45. The number of amides is 1. The molecule has 31 heavy (non-hydrogen) atoms. The Hall–Kier alpha value is -3.63. The van der Waals surface area contributed by atoms with Crippen molar-refractivity contribution in [2.24, 2.45) is 5.73 Å². The van der Waals surface area contributed by atoms with E-state index >= 15 is 0 Å². The van der Waals surface area contributed by atoms with E-state index < -0.39 is 52.2 Å². The molecule has 2 aromatic heterocycles. The van der Waals surface area contributed by atoms with Crippen LogP contribution in [-0.2, 0) is 12.4 Å². The van der Waals surface area contributed by atoms with Crippen molar-refractivity contribution in [2.75, 3.05) is 0 Å². The van der Waals surface area contributed by atoms with Gasteiger partial charge in [0.05, 0.1) is 16.8 Å². The number of hydrogen-bond acceptors (Lipinski definition) is 3. The summed E-state index contributed by atoms with van der Waals surface area (Å²) in [5, 5.41) is 0. The second kappa shape index (κ2) is 7.89. The number of pyridine rings is 2. The van der Waals surface area contributed by atoms with Crippen LogP contribution >= 0.6 is 0 Å². The zero-order valence-electron chi connectivity index (χ0n) is 15.4. The number of primary amides is 1. The summed E-state index contributed by atoms with van der Waals surface area (Å²) in [7, 11) is 0. The molecule has 0 aliphatic carbocycles. The molecular formula is C20H13F6N3O2. The van der Waals surface area contributed by atoms with E-state index in [1.165, 1.54) is 6.07 Å². The Kier molecular flexibility index (Phi) is 5.62. The third-order valence-electron chi connectivity index (χ3n) is 4.47. The quantitative estimate of drug-likeness (QED) is 0.622. The topological polar surface area (TPSA) is 78.0 Å². The van der Waals surface area contributed by atoms with Crippen molar-refractivity contribution in [3.05, 3.63) is 99.2 Å². The van der Waals surface area contributed by atoms with Crippen molar-refractivity contribution in [3.63, 3.8) is 0 Å². The first-order chi connectivity index (χ1) is 14.4. The van der Waals surface area contributed by atoms with Gasteiger partial charge in [-0.3, -0.25) is 14.6 Å². The monoisotopic (exact) mass is 441 g/mol. The minimum atomic E-state index is -4.86. The molecule has 0 saturated heterocycles. The number of alkyl halides is 6. The van der Waals surface area contributed by atoms with E-state index in [1.807, 2.05) is 0 Å². The van der Waals surface area contributed by atoms with Crippen LogP contribution in [0.25, 0.3) is 0 Å².